The number of hydrogen-bond acceptors (Lipinski definition) is 3. The molecule has 5 nitrogen and oxygen atoms in total. The first-order valence-corrected chi connectivity index (χ1v) is 8.25. The highest BCUT2D eigenvalue weighted by atomic mass is 16.5. The van der Waals surface area contributed by atoms with E-state index in [0.717, 1.165) is 11.5 Å². The summed E-state index contributed by atoms with van der Waals surface area (Å²) >= 11 is 0. The lowest BCUT2D eigenvalue weighted by molar-refractivity contribution is 0.0988. The number of nitrogens with zero attached hydrogens (tertiary/aromatic N) is 3. The van der Waals surface area contributed by atoms with Gasteiger partial charge in [0, 0.05) is 37.2 Å². The van der Waals surface area contributed by atoms with Crippen molar-refractivity contribution in [3.05, 3.63) is 78.4 Å². The minimum atomic E-state index is -0.0237. The second-order valence-electron chi connectivity index (χ2n) is 5.65. The molecule has 5 heteroatoms. The number of carbonyl (C=O) groups is 1. The average molecular weight is 335 g/mol. The van der Waals surface area contributed by atoms with Gasteiger partial charge in [0.1, 0.15) is 18.2 Å². The van der Waals surface area contributed by atoms with Crippen molar-refractivity contribution in [1.82, 2.24) is 9.55 Å². The molecule has 2 aromatic carbocycles. The van der Waals surface area contributed by atoms with E-state index in [-0.39, 0.29) is 5.91 Å². The normalized spacial score (nSPS) is 10.5. The molecule has 0 spiro atoms. The fourth-order valence-electron chi connectivity index (χ4n) is 2.58. The Bertz CT molecular complexity index is 826. The van der Waals surface area contributed by atoms with Crippen LogP contribution in [0.5, 0.6) is 5.75 Å². The number of hydrogen-bond donors (Lipinski definition) is 0. The number of para-hydroxylation sites is 1. The molecule has 0 unspecified atom stereocenters. The Labute approximate surface area is 147 Å². The summed E-state index contributed by atoms with van der Waals surface area (Å²) in [7, 11) is 1.93. The summed E-state index contributed by atoms with van der Waals surface area (Å²) < 4.78 is 7.64. The number of benzene rings is 2. The van der Waals surface area contributed by atoms with Crippen LogP contribution >= 0.6 is 0 Å². The minimum absolute atomic E-state index is 0.0237. The SMILES string of the molecule is CCN(C(=O)c1ccc(OCc2nccn2C)cc1)c1ccccc1. The van der Waals surface area contributed by atoms with Gasteiger partial charge in [-0.15, -0.1) is 0 Å². The van der Waals surface area contributed by atoms with Crippen LogP contribution in [-0.4, -0.2) is 22.0 Å². The zero-order valence-corrected chi connectivity index (χ0v) is 14.4. The first kappa shape index (κ1) is 16.8. The van der Waals surface area contributed by atoms with Gasteiger partial charge in [0.15, 0.2) is 0 Å². The molecule has 25 heavy (non-hydrogen) atoms. The van der Waals surface area contributed by atoms with E-state index in [0.29, 0.717) is 24.5 Å². The lowest BCUT2D eigenvalue weighted by Gasteiger charge is -2.21. The van der Waals surface area contributed by atoms with E-state index in [1.165, 1.54) is 0 Å². The zero-order valence-electron chi connectivity index (χ0n) is 14.4. The van der Waals surface area contributed by atoms with Crippen LogP contribution in [0.25, 0.3) is 0 Å². The van der Waals surface area contributed by atoms with Crippen LogP contribution in [0.15, 0.2) is 67.0 Å². The quantitative estimate of drug-likeness (QED) is 0.690. The topological polar surface area (TPSA) is 47.4 Å². The van der Waals surface area contributed by atoms with Gasteiger partial charge in [0.25, 0.3) is 5.91 Å². The van der Waals surface area contributed by atoms with Gasteiger partial charge in [-0.05, 0) is 43.3 Å². The van der Waals surface area contributed by atoms with E-state index in [1.807, 2.05) is 67.2 Å². The first-order chi connectivity index (χ1) is 12.2. The van der Waals surface area contributed by atoms with Crippen LogP contribution in [0.3, 0.4) is 0 Å². The third-order valence-electron chi connectivity index (χ3n) is 4.02. The van der Waals surface area contributed by atoms with Gasteiger partial charge < -0.3 is 14.2 Å². The van der Waals surface area contributed by atoms with Crippen molar-refractivity contribution in [3.8, 4) is 5.75 Å². The van der Waals surface area contributed by atoms with Gasteiger partial charge in [-0.2, -0.15) is 0 Å². The van der Waals surface area contributed by atoms with Crippen LogP contribution in [0.4, 0.5) is 5.69 Å². The number of aromatic nitrogens is 2. The smallest absolute Gasteiger partial charge is 0.258 e. The number of anilines is 1. The maximum atomic E-state index is 12.7. The van der Waals surface area contributed by atoms with E-state index in [4.69, 9.17) is 4.74 Å². The van der Waals surface area contributed by atoms with Gasteiger partial charge in [0.05, 0.1) is 0 Å². The molecule has 1 amide bonds. The Morgan fingerprint density at radius 3 is 2.44 bits per heavy atom. The molecule has 3 rings (SSSR count). The summed E-state index contributed by atoms with van der Waals surface area (Å²) in [5.74, 6) is 1.54. The molecule has 0 aliphatic heterocycles. The molecule has 1 heterocycles. The Morgan fingerprint density at radius 2 is 1.84 bits per heavy atom. The van der Waals surface area contributed by atoms with Crippen molar-refractivity contribution in [2.24, 2.45) is 7.05 Å². The number of ether oxygens (including phenoxy) is 1. The molecule has 1 aromatic heterocycles. The van der Waals surface area contributed by atoms with Crippen molar-refractivity contribution in [2.75, 3.05) is 11.4 Å². The first-order valence-electron chi connectivity index (χ1n) is 8.25. The Balaban J connectivity index is 1.68. The van der Waals surface area contributed by atoms with Crippen LogP contribution in [0.1, 0.15) is 23.1 Å². The van der Waals surface area contributed by atoms with Crippen LogP contribution in [-0.2, 0) is 13.7 Å². The highest BCUT2D eigenvalue weighted by Gasteiger charge is 2.15. The molecule has 0 fully saturated rings. The van der Waals surface area contributed by atoms with E-state index in [2.05, 4.69) is 4.98 Å². The minimum Gasteiger partial charge on any atom is -0.486 e. The number of carbonyl (C=O) groups excluding carboxylic acids is 1. The Kier molecular flexibility index (Phi) is 5.14. The monoisotopic (exact) mass is 335 g/mol. The zero-order chi connectivity index (χ0) is 17.6. The maximum Gasteiger partial charge on any atom is 0.258 e. The van der Waals surface area contributed by atoms with Gasteiger partial charge in [-0.1, -0.05) is 18.2 Å². The molecule has 0 aliphatic rings. The number of aryl methyl sites for hydroxylation is 1. The Morgan fingerprint density at radius 1 is 1.12 bits per heavy atom. The van der Waals surface area contributed by atoms with Crippen molar-refractivity contribution >= 4 is 11.6 Å². The van der Waals surface area contributed by atoms with Gasteiger partial charge in [-0.3, -0.25) is 4.79 Å². The van der Waals surface area contributed by atoms with E-state index >= 15 is 0 Å². The summed E-state index contributed by atoms with van der Waals surface area (Å²) in [6, 6.07) is 16.9. The highest BCUT2D eigenvalue weighted by molar-refractivity contribution is 6.06. The van der Waals surface area contributed by atoms with Gasteiger partial charge >= 0.3 is 0 Å². The molecule has 0 radical (unpaired) electrons. The van der Waals surface area contributed by atoms with E-state index in [1.54, 1.807) is 23.2 Å². The second kappa shape index (κ2) is 7.66. The van der Waals surface area contributed by atoms with Crippen LogP contribution in [0.2, 0.25) is 0 Å². The molecule has 0 saturated heterocycles. The van der Waals surface area contributed by atoms with Crippen molar-refractivity contribution in [2.45, 2.75) is 13.5 Å². The number of rotatable bonds is 6. The fraction of sp³-hybridized carbons (Fsp3) is 0.200. The molecule has 0 aliphatic carbocycles. The molecule has 0 N–H and O–H groups in total. The van der Waals surface area contributed by atoms with Gasteiger partial charge in [0.2, 0.25) is 0 Å². The van der Waals surface area contributed by atoms with Crippen LogP contribution in [0, 0.1) is 0 Å². The Hall–Kier alpha value is -3.08. The summed E-state index contributed by atoms with van der Waals surface area (Å²) in [5.41, 5.74) is 1.53. The van der Waals surface area contributed by atoms with E-state index < -0.39 is 0 Å². The van der Waals surface area contributed by atoms with Crippen molar-refractivity contribution in [3.63, 3.8) is 0 Å². The second-order valence-corrected chi connectivity index (χ2v) is 5.65. The van der Waals surface area contributed by atoms with Gasteiger partial charge in [-0.25, -0.2) is 4.98 Å². The standard InChI is InChI=1S/C20H21N3O2/c1-3-23(17-7-5-4-6-8-17)20(24)16-9-11-18(12-10-16)25-15-19-21-13-14-22(19)2/h4-14H,3,15H2,1-2H3. The predicted octanol–water partition coefficient (Wildman–Crippen LogP) is 3.67. The molecule has 0 atom stereocenters. The predicted molar refractivity (Wildman–Crippen MR) is 97.8 cm³/mol. The van der Waals surface area contributed by atoms with Crippen LogP contribution < -0.4 is 9.64 Å². The molecule has 0 saturated carbocycles. The molecule has 0 bridgehead atoms. The highest BCUT2D eigenvalue weighted by Crippen LogP contribution is 2.19. The number of imidazole rings is 1. The average Bonchev–Trinajstić information content (AvgIpc) is 3.07. The maximum absolute atomic E-state index is 12.7. The number of amides is 1. The molecule has 128 valence electrons. The summed E-state index contributed by atoms with van der Waals surface area (Å²) in [5, 5.41) is 0. The summed E-state index contributed by atoms with van der Waals surface area (Å²) in [4.78, 5) is 18.7. The van der Waals surface area contributed by atoms with E-state index in [9.17, 15) is 4.79 Å². The third kappa shape index (κ3) is 3.88. The summed E-state index contributed by atoms with van der Waals surface area (Å²) in [6.07, 6.45) is 3.62. The third-order valence-corrected chi connectivity index (χ3v) is 4.02. The lowest BCUT2D eigenvalue weighted by Crippen LogP contribution is -2.30. The molecule has 3 aromatic rings. The molecular weight excluding hydrogens is 314 g/mol. The molecular formula is C20H21N3O2. The van der Waals surface area contributed by atoms with Crippen molar-refractivity contribution < 1.29 is 9.53 Å². The largest absolute Gasteiger partial charge is 0.486 e. The summed E-state index contributed by atoms with van der Waals surface area (Å²) in [6.45, 7) is 2.97. The van der Waals surface area contributed by atoms with Crippen molar-refractivity contribution in [1.29, 1.82) is 0 Å². The fourth-order valence-corrected chi connectivity index (χ4v) is 2.58. The lowest BCUT2D eigenvalue weighted by atomic mass is 10.1.